The minimum atomic E-state index is -1.51. The zero-order valence-corrected chi connectivity index (χ0v) is 8.78. The number of aliphatic carboxylic acids is 1. The molecule has 0 bridgehead atoms. The molecule has 1 atom stereocenters. The third kappa shape index (κ3) is 2.14. The molecule has 1 unspecified atom stereocenters. The molecule has 0 aliphatic carbocycles. The van der Waals surface area contributed by atoms with Crippen LogP contribution in [0.5, 0.6) is 0 Å². The van der Waals surface area contributed by atoms with E-state index in [0.717, 1.165) is 25.9 Å². The normalized spacial score (nSPS) is 34.5. The van der Waals surface area contributed by atoms with Crippen molar-refractivity contribution >= 4 is 5.97 Å². The van der Waals surface area contributed by atoms with Crippen LogP contribution >= 0.6 is 0 Å². The molecule has 0 radical (unpaired) electrons. The van der Waals surface area contributed by atoms with Gasteiger partial charge in [0.05, 0.1) is 0 Å². The molecule has 2 heterocycles. The smallest absolute Gasteiger partial charge is 0.337 e. The molecule has 0 aromatic rings. The van der Waals surface area contributed by atoms with E-state index in [4.69, 9.17) is 5.11 Å². The van der Waals surface area contributed by atoms with Crippen LogP contribution in [0.15, 0.2) is 0 Å². The van der Waals surface area contributed by atoms with Gasteiger partial charge in [-0.15, -0.1) is 0 Å². The van der Waals surface area contributed by atoms with Crippen LogP contribution in [0.4, 0.5) is 0 Å². The number of hydrogen-bond donors (Lipinski definition) is 3. The maximum atomic E-state index is 10.9. The van der Waals surface area contributed by atoms with Crippen LogP contribution in [0.3, 0.4) is 0 Å². The Morgan fingerprint density at radius 1 is 1.40 bits per heavy atom. The zero-order valence-electron chi connectivity index (χ0n) is 8.78. The highest BCUT2D eigenvalue weighted by molar-refractivity contribution is 5.77. The molecule has 2 rings (SSSR count). The Balaban J connectivity index is 1.94. The SMILES string of the molecule is O=C(O)C1(O)CCN(C2CCNCC2)C1. The van der Waals surface area contributed by atoms with Crippen molar-refractivity contribution in [3.05, 3.63) is 0 Å². The van der Waals surface area contributed by atoms with Gasteiger partial charge in [0, 0.05) is 25.6 Å². The number of likely N-dealkylation sites (tertiary alicyclic amines) is 1. The van der Waals surface area contributed by atoms with E-state index < -0.39 is 11.6 Å². The van der Waals surface area contributed by atoms with Crippen molar-refractivity contribution in [1.82, 2.24) is 10.2 Å². The lowest BCUT2D eigenvalue weighted by Crippen LogP contribution is -2.46. The summed E-state index contributed by atoms with van der Waals surface area (Å²) in [5.74, 6) is -1.08. The maximum Gasteiger partial charge on any atom is 0.337 e. The van der Waals surface area contributed by atoms with Crippen molar-refractivity contribution in [2.45, 2.75) is 30.9 Å². The van der Waals surface area contributed by atoms with Gasteiger partial charge in [-0.3, -0.25) is 4.90 Å². The monoisotopic (exact) mass is 214 g/mol. The topological polar surface area (TPSA) is 72.8 Å². The molecule has 2 saturated heterocycles. The van der Waals surface area contributed by atoms with Crippen LogP contribution in [-0.4, -0.2) is 58.9 Å². The number of carboxylic acid groups (broad SMARTS) is 1. The lowest BCUT2D eigenvalue weighted by Gasteiger charge is -2.31. The molecule has 3 N–H and O–H groups in total. The first-order chi connectivity index (χ1) is 7.12. The first-order valence-corrected chi connectivity index (χ1v) is 5.52. The van der Waals surface area contributed by atoms with E-state index in [9.17, 15) is 9.90 Å². The highest BCUT2D eigenvalue weighted by Gasteiger charge is 2.44. The predicted molar refractivity (Wildman–Crippen MR) is 54.7 cm³/mol. The number of β-amino-alcohol motifs (C(OH)–C–C–N with tert-alkyl or cyclic N) is 1. The van der Waals surface area contributed by atoms with Gasteiger partial charge >= 0.3 is 5.97 Å². The second-order valence-electron chi connectivity index (χ2n) is 4.54. The van der Waals surface area contributed by atoms with Gasteiger partial charge < -0.3 is 15.5 Å². The molecular formula is C10H18N2O3. The van der Waals surface area contributed by atoms with E-state index in [1.165, 1.54) is 0 Å². The van der Waals surface area contributed by atoms with Crippen LogP contribution < -0.4 is 5.32 Å². The van der Waals surface area contributed by atoms with Gasteiger partial charge in [0.25, 0.3) is 0 Å². The van der Waals surface area contributed by atoms with Gasteiger partial charge in [-0.2, -0.15) is 0 Å². The predicted octanol–water partition coefficient (Wildman–Crippen LogP) is -0.740. The summed E-state index contributed by atoms with van der Waals surface area (Å²) in [7, 11) is 0. The summed E-state index contributed by atoms with van der Waals surface area (Å²) in [4.78, 5) is 13.0. The molecule has 0 amide bonds. The summed E-state index contributed by atoms with van der Waals surface area (Å²) in [6.07, 6.45) is 2.46. The molecule has 5 nitrogen and oxygen atoms in total. The largest absolute Gasteiger partial charge is 0.479 e. The van der Waals surface area contributed by atoms with Crippen molar-refractivity contribution < 1.29 is 15.0 Å². The van der Waals surface area contributed by atoms with Gasteiger partial charge in [-0.1, -0.05) is 0 Å². The minimum absolute atomic E-state index is 0.285. The summed E-state index contributed by atoms with van der Waals surface area (Å²) in [6.45, 7) is 2.97. The molecule has 15 heavy (non-hydrogen) atoms. The lowest BCUT2D eigenvalue weighted by atomic mass is 10.0. The molecule has 2 aliphatic heterocycles. The fraction of sp³-hybridized carbons (Fsp3) is 0.900. The Kier molecular flexibility index (Phi) is 2.95. The van der Waals surface area contributed by atoms with E-state index in [1.54, 1.807) is 0 Å². The number of carbonyl (C=O) groups is 1. The highest BCUT2D eigenvalue weighted by Crippen LogP contribution is 2.26. The van der Waals surface area contributed by atoms with Crippen LogP contribution in [0, 0.1) is 0 Å². The molecule has 0 spiro atoms. The summed E-state index contributed by atoms with van der Waals surface area (Å²) in [5.41, 5.74) is -1.51. The standard InChI is InChI=1S/C10H18N2O3/c13-9(14)10(15)3-6-12(7-10)8-1-4-11-5-2-8/h8,11,15H,1-7H2,(H,13,14). The van der Waals surface area contributed by atoms with Crippen LogP contribution in [0.1, 0.15) is 19.3 Å². The Labute approximate surface area is 89.1 Å². The summed E-state index contributed by atoms with van der Waals surface area (Å²) in [6, 6.07) is 0.444. The van der Waals surface area contributed by atoms with Gasteiger partial charge in [0.15, 0.2) is 5.60 Å². The molecule has 5 heteroatoms. The van der Waals surface area contributed by atoms with Crippen molar-refractivity contribution in [2.24, 2.45) is 0 Å². The van der Waals surface area contributed by atoms with Crippen LogP contribution in [0.25, 0.3) is 0 Å². The number of piperidine rings is 1. The number of nitrogens with zero attached hydrogens (tertiary/aromatic N) is 1. The van der Waals surface area contributed by atoms with E-state index >= 15 is 0 Å². The van der Waals surface area contributed by atoms with Gasteiger partial charge in [0.1, 0.15) is 0 Å². The quantitative estimate of drug-likeness (QED) is 0.564. The fourth-order valence-corrected chi connectivity index (χ4v) is 2.48. The van der Waals surface area contributed by atoms with E-state index in [1.807, 2.05) is 0 Å². The van der Waals surface area contributed by atoms with Crippen molar-refractivity contribution in [3.63, 3.8) is 0 Å². The number of rotatable bonds is 2. The summed E-state index contributed by atoms with van der Waals surface area (Å²) >= 11 is 0. The molecule has 0 aromatic heterocycles. The van der Waals surface area contributed by atoms with Crippen molar-refractivity contribution in [1.29, 1.82) is 0 Å². The first-order valence-electron chi connectivity index (χ1n) is 5.52. The molecule has 0 saturated carbocycles. The average molecular weight is 214 g/mol. The van der Waals surface area contributed by atoms with Crippen LogP contribution in [-0.2, 0) is 4.79 Å². The molecule has 2 fully saturated rings. The third-order valence-corrected chi connectivity index (χ3v) is 3.50. The Bertz CT molecular complexity index is 253. The van der Waals surface area contributed by atoms with Gasteiger partial charge in [0.2, 0.25) is 0 Å². The molecule has 0 aromatic carbocycles. The van der Waals surface area contributed by atoms with Crippen LogP contribution in [0.2, 0.25) is 0 Å². The van der Waals surface area contributed by atoms with Gasteiger partial charge in [-0.05, 0) is 25.9 Å². The second kappa shape index (κ2) is 4.08. The first kappa shape index (κ1) is 10.9. The average Bonchev–Trinajstić information content (AvgIpc) is 2.64. The van der Waals surface area contributed by atoms with E-state index in [2.05, 4.69) is 10.2 Å². The lowest BCUT2D eigenvalue weighted by molar-refractivity contribution is -0.157. The fourth-order valence-electron chi connectivity index (χ4n) is 2.48. The number of nitrogens with one attached hydrogen (secondary N) is 1. The Hall–Kier alpha value is -0.650. The second-order valence-corrected chi connectivity index (χ2v) is 4.54. The Morgan fingerprint density at radius 3 is 2.60 bits per heavy atom. The van der Waals surface area contributed by atoms with Gasteiger partial charge in [-0.25, -0.2) is 4.79 Å². The number of hydrogen-bond acceptors (Lipinski definition) is 4. The molecular weight excluding hydrogens is 196 g/mol. The minimum Gasteiger partial charge on any atom is -0.479 e. The number of aliphatic hydroxyl groups is 1. The summed E-state index contributed by atoms with van der Waals surface area (Å²) < 4.78 is 0. The van der Waals surface area contributed by atoms with E-state index in [0.29, 0.717) is 19.0 Å². The summed E-state index contributed by atoms with van der Waals surface area (Å²) in [5, 5.41) is 22.0. The zero-order chi connectivity index (χ0) is 10.9. The third-order valence-electron chi connectivity index (χ3n) is 3.50. The number of carboxylic acids is 1. The van der Waals surface area contributed by atoms with Crippen molar-refractivity contribution in [2.75, 3.05) is 26.2 Å². The molecule has 2 aliphatic rings. The van der Waals surface area contributed by atoms with E-state index in [-0.39, 0.29) is 6.54 Å². The highest BCUT2D eigenvalue weighted by atomic mass is 16.4. The molecule has 86 valence electrons. The Morgan fingerprint density at radius 2 is 2.07 bits per heavy atom. The maximum absolute atomic E-state index is 10.9. The van der Waals surface area contributed by atoms with Crippen molar-refractivity contribution in [3.8, 4) is 0 Å².